The molecule has 0 spiro atoms. The molecule has 0 radical (unpaired) electrons. The molecule has 3 nitrogen and oxygen atoms in total. The van der Waals surface area contributed by atoms with Gasteiger partial charge in [-0.15, -0.1) is 0 Å². The fraction of sp³-hybridized carbons (Fsp3) is 1.00. The molecule has 0 heterocycles. The van der Waals surface area contributed by atoms with E-state index in [0.717, 1.165) is 6.42 Å². The predicted molar refractivity (Wildman–Crippen MR) is 61.4 cm³/mol. The zero-order valence-corrected chi connectivity index (χ0v) is 9.92. The van der Waals surface area contributed by atoms with Crippen LogP contribution >= 0.6 is 0 Å². The van der Waals surface area contributed by atoms with Crippen molar-refractivity contribution in [3.8, 4) is 0 Å². The van der Waals surface area contributed by atoms with Crippen LogP contribution in [0.25, 0.3) is 0 Å². The molecule has 0 aromatic heterocycles. The summed E-state index contributed by atoms with van der Waals surface area (Å²) in [4.78, 5) is 0. The summed E-state index contributed by atoms with van der Waals surface area (Å²) in [6, 6.07) is 0. The van der Waals surface area contributed by atoms with Gasteiger partial charge in [0.2, 0.25) is 0 Å². The van der Waals surface area contributed by atoms with Crippen LogP contribution in [-0.2, 0) is 0 Å². The van der Waals surface area contributed by atoms with Gasteiger partial charge in [0.15, 0.2) is 0 Å². The van der Waals surface area contributed by atoms with Crippen LogP contribution in [0.3, 0.4) is 0 Å². The van der Waals surface area contributed by atoms with Gasteiger partial charge >= 0.3 is 0 Å². The number of aliphatic hydroxyl groups is 2. The highest BCUT2D eigenvalue weighted by atomic mass is 16.3. The number of hydrogen-bond donors (Lipinski definition) is 2. The molecule has 0 aromatic carbocycles. The summed E-state index contributed by atoms with van der Waals surface area (Å²) in [6.07, 6.45) is 7.33. The van der Waals surface area contributed by atoms with E-state index in [4.69, 9.17) is 10.2 Å². The lowest BCUT2D eigenvalue weighted by atomic mass is 10.1. The SMILES string of the molecule is CC(C)O.CCCCCCCCO.O. The van der Waals surface area contributed by atoms with E-state index in [0.29, 0.717) is 6.61 Å². The zero-order valence-electron chi connectivity index (χ0n) is 9.92. The Kier molecular flexibility index (Phi) is 25.9. The maximum atomic E-state index is 8.42. The highest BCUT2D eigenvalue weighted by Gasteiger charge is 1.86. The van der Waals surface area contributed by atoms with E-state index in [1.807, 2.05) is 0 Å². The molecule has 0 saturated carbocycles. The fourth-order valence-electron chi connectivity index (χ4n) is 0.892. The monoisotopic (exact) mass is 208 g/mol. The summed E-state index contributed by atoms with van der Waals surface area (Å²) < 4.78 is 0. The van der Waals surface area contributed by atoms with E-state index in [-0.39, 0.29) is 11.6 Å². The molecular weight excluding hydrogens is 180 g/mol. The van der Waals surface area contributed by atoms with E-state index < -0.39 is 0 Å². The molecule has 14 heavy (non-hydrogen) atoms. The predicted octanol–water partition coefficient (Wildman–Crippen LogP) is 1.90. The number of hydrogen-bond acceptors (Lipinski definition) is 2. The summed E-state index contributed by atoms with van der Waals surface area (Å²) in [7, 11) is 0. The maximum Gasteiger partial charge on any atom is 0.0483 e. The van der Waals surface area contributed by atoms with Crippen molar-refractivity contribution in [2.24, 2.45) is 0 Å². The van der Waals surface area contributed by atoms with Crippen molar-refractivity contribution in [1.29, 1.82) is 0 Å². The first-order chi connectivity index (χ1) is 6.15. The third-order valence-corrected chi connectivity index (χ3v) is 1.51. The average molecular weight is 208 g/mol. The lowest BCUT2D eigenvalue weighted by molar-refractivity contribution is 0.216. The summed E-state index contributed by atoms with van der Waals surface area (Å²) in [5.41, 5.74) is 0. The first-order valence-electron chi connectivity index (χ1n) is 5.44. The molecule has 0 aliphatic rings. The van der Waals surface area contributed by atoms with Crippen LogP contribution in [0.2, 0.25) is 0 Å². The number of rotatable bonds is 6. The molecule has 0 unspecified atom stereocenters. The Balaban J connectivity index is -0.000000209. The van der Waals surface area contributed by atoms with Gasteiger partial charge in [0.05, 0.1) is 0 Å². The van der Waals surface area contributed by atoms with Gasteiger partial charge in [0.1, 0.15) is 0 Å². The number of unbranched alkanes of at least 4 members (excludes halogenated alkanes) is 5. The standard InChI is InChI=1S/C8H18O.C3H8O.H2O/c1-2-3-4-5-6-7-8-9;1-3(2)4;/h9H,2-8H2,1H3;3-4H,1-2H3;1H2. The van der Waals surface area contributed by atoms with Crippen molar-refractivity contribution < 1.29 is 15.7 Å². The van der Waals surface area contributed by atoms with Crippen molar-refractivity contribution in [3.63, 3.8) is 0 Å². The van der Waals surface area contributed by atoms with E-state index >= 15 is 0 Å². The molecule has 0 aliphatic heterocycles. The van der Waals surface area contributed by atoms with Crippen LogP contribution in [0.1, 0.15) is 59.3 Å². The first-order valence-corrected chi connectivity index (χ1v) is 5.44. The number of aliphatic hydroxyl groups excluding tert-OH is 2. The Bertz CT molecular complexity index is 66.2. The largest absolute Gasteiger partial charge is 0.412 e. The minimum Gasteiger partial charge on any atom is -0.412 e. The average Bonchev–Trinajstić information content (AvgIpc) is 2.03. The normalized spacial score (nSPS) is 9.00. The zero-order chi connectivity index (χ0) is 10.5. The van der Waals surface area contributed by atoms with Gasteiger partial charge in [0.25, 0.3) is 0 Å². The van der Waals surface area contributed by atoms with Crippen molar-refractivity contribution in [3.05, 3.63) is 0 Å². The molecule has 4 N–H and O–H groups in total. The molecular formula is C11H28O3. The van der Waals surface area contributed by atoms with E-state index in [1.54, 1.807) is 13.8 Å². The summed E-state index contributed by atoms with van der Waals surface area (Å²) in [5, 5.41) is 16.5. The summed E-state index contributed by atoms with van der Waals surface area (Å²) >= 11 is 0. The van der Waals surface area contributed by atoms with E-state index in [9.17, 15) is 0 Å². The highest BCUT2D eigenvalue weighted by Crippen LogP contribution is 2.03. The lowest BCUT2D eigenvalue weighted by Crippen LogP contribution is -1.85. The maximum absolute atomic E-state index is 8.42. The lowest BCUT2D eigenvalue weighted by Gasteiger charge is -1.95. The van der Waals surface area contributed by atoms with Gasteiger partial charge < -0.3 is 15.7 Å². The first kappa shape index (κ1) is 19.5. The smallest absolute Gasteiger partial charge is 0.0483 e. The van der Waals surface area contributed by atoms with Gasteiger partial charge in [0, 0.05) is 12.7 Å². The molecule has 0 atom stereocenters. The second-order valence-corrected chi connectivity index (χ2v) is 3.59. The minimum absolute atomic E-state index is 0. The van der Waals surface area contributed by atoms with Gasteiger partial charge in [-0.05, 0) is 20.3 Å². The third kappa shape index (κ3) is 40.7. The Hall–Kier alpha value is -0.120. The second-order valence-electron chi connectivity index (χ2n) is 3.59. The van der Waals surface area contributed by atoms with Crippen molar-refractivity contribution in [1.82, 2.24) is 0 Å². The third-order valence-electron chi connectivity index (χ3n) is 1.51. The highest BCUT2D eigenvalue weighted by molar-refractivity contribution is 4.41. The van der Waals surface area contributed by atoms with Crippen LogP contribution in [0.15, 0.2) is 0 Å². The van der Waals surface area contributed by atoms with Crippen molar-refractivity contribution >= 4 is 0 Å². The molecule has 90 valence electrons. The van der Waals surface area contributed by atoms with Gasteiger partial charge in [-0.25, -0.2) is 0 Å². The Morgan fingerprint density at radius 2 is 1.29 bits per heavy atom. The van der Waals surface area contributed by atoms with Crippen molar-refractivity contribution in [2.75, 3.05) is 6.61 Å². The molecule has 0 fully saturated rings. The molecule has 0 rings (SSSR count). The Labute approximate surface area is 88.5 Å². The Morgan fingerprint density at radius 3 is 1.64 bits per heavy atom. The molecule has 0 amide bonds. The van der Waals surface area contributed by atoms with E-state index in [2.05, 4.69) is 6.92 Å². The fourth-order valence-corrected chi connectivity index (χ4v) is 0.892. The van der Waals surface area contributed by atoms with Gasteiger partial charge in [-0.1, -0.05) is 39.0 Å². The van der Waals surface area contributed by atoms with Gasteiger partial charge in [-0.2, -0.15) is 0 Å². The molecule has 0 bridgehead atoms. The molecule has 0 saturated heterocycles. The molecule has 0 aliphatic carbocycles. The van der Waals surface area contributed by atoms with E-state index in [1.165, 1.54) is 32.1 Å². The van der Waals surface area contributed by atoms with Crippen molar-refractivity contribution in [2.45, 2.75) is 65.4 Å². The summed E-state index contributed by atoms with van der Waals surface area (Å²) in [6.45, 7) is 6.03. The van der Waals surface area contributed by atoms with Crippen LogP contribution in [0.4, 0.5) is 0 Å². The Morgan fingerprint density at radius 1 is 0.929 bits per heavy atom. The summed E-state index contributed by atoms with van der Waals surface area (Å²) in [5.74, 6) is 0. The quantitative estimate of drug-likeness (QED) is 0.654. The molecule has 3 heteroatoms. The molecule has 0 aromatic rings. The topological polar surface area (TPSA) is 72.0 Å². The van der Waals surface area contributed by atoms with Crippen LogP contribution in [-0.4, -0.2) is 28.4 Å². The van der Waals surface area contributed by atoms with Gasteiger partial charge in [-0.3, -0.25) is 0 Å². The second kappa shape index (κ2) is 18.6. The van der Waals surface area contributed by atoms with Crippen LogP contribution in [0, 0.1) is 0 Å². The van der Waals surface area contributed by atoms with Crippen LogP contribution in [0.5, 0.6) is 0 Å². The van der Waals surface area contributed by atoms with Crippen LogP contribution < -0.4 is 0 Å². The minimum atomic E-state index is -0.167.